The smallest absolute Gasteiger partial charge is 0.343 e. The van der Waals surface area contributed by atoms with Crippen molar-refractivity contribution in [1.82, 2.24) is 0 Å². The van der Waals surface area contributed by atoms with E-state index in [1.54, 1.807) is 13.0 Å². The highest BCUT2D eigenvalue weighted by atomic mass is 16.5. The average Bonchev–Trinajstić information content (AvgIpc) is 2.27. The molecule has 1 aromatic carbocycles. The molecule has 3 rings (SSSR count). The quantitative estimate of drug-likeness (QED) is 0.577. The summed E-state index contributed by atoms with van der Waals surface area (Å²) in [6.45, 7) is 1.74. The molecule has 0 saturated heterocycles. The van der Waals surface area contributed by atoms with Gasteiger partial charge in [-0.05, 0) is 18.6 Å². The number of para-hydroxylation sites is 1. The van der Waals surface area contributed by atoms with Crippen molar-refractivity contribution in [3.8, 4) is 11.5 Å². The van der Waals surface area contributed by atoms with E-state index in [9.17, 15) is 4.79 Å². The van der Waals surface area contributed by atoms with Crippen LogP contribution in [-0.2, 0) is 6.42 Å². The lowest BCUT2D eigenvalue weighted by Gasteiger charge is -2.18. The summed E-state index contributed by atoms with van der Waals surface area (Å²) in [4.78, 5) is 11.6. The van der Waals surface area contributed by atoms with E-state index in [0.29, 0.717) is 23.5 Å². The first-order valence-corrected chi connectivity index (χ1v) is 5.13. The fraction of sp³-hybridized carbons (Fsp3) is 0.154. The fourth-order valence-electron chi connectivity index (χ4n) is 1.92. The van der Waals surface area contributed by atoms with Crippen LogP contribution in [0.15, 0.2) is 39.5 Å². The highest BCUT2D eigenvalue weighted by molar-refractivity contribution is 5.48. The summed E-state index contributed by atoms with van der Waals surface area (Å²) in [5.74, 6) is 2.01. The predicted molar refractivity (Wildman–Crippen MR) is 59.0 cm³/mol. The third-order valence-corrected chi connectivity index (χ3v) is 2.69. The van der Waals surface area contributed by atoms with Crippen LogP contribution in [0.4, 0.5) is 0 Å². The van der Waals surface area contributed by atoms with Crippen LogP contribution < -0.4 is 10.4 Å². The number of ether oxygens (including phenoxy) is 1. The number of hydrogen-bond donors (Lipinski definition) is 0. The van der Waals surface area contributed by atoms with Gasteiger partial charge in [0.15, 0.2) is 0 Å². The molecule has 0 amide bonds. The van der Waals surface area contributed by atoms with Gasteiger partial charge < -0.3 is 9.15 Å². The van der Waals surface area contributed by atoms with Gasteiger partial charge in [-0.15, -0.1) is 0 Å². The first kappa shape index (κ1) is 9.21. The Morgan fingerprint density at radius 1 is 1.19 bits per heavy atom. The molecule has 16 heavy (non-hydrogen) atoms. The lowest BCUT2D eigenvalue weighted by molar-refractivity contribution is 0.417. The lowest BCUT2D eigenvalue weighted by atomic mass is 10.0. The molecule has 2 aromatic rings. The summed E-state index contributed by atoms with van der Waals surface area (Å²) < 4.78 is 10.7. The van der Waals surface area contributed by atoms with Crippen molar-refractivity contribution in [2.24, 2.45) is 0 Å². The van der Waals surface area contributed by atoms with E-state index in [0.717, 1.165) is 11.3 Å². The maximum atomic E-state index is 11.6. The highest BCUT2D eigenvalue weighted by Crippen LogP contribution is 2.34. The second-order valence-corrected chi connectivity index (χ2v) is 3.87. The van der Waals surface area contributed by atoms with Gasteiger partial charge in [0.1, 0.15) is 17.3 Å². The van der Waals surface area contributed by atoms with Crippen LogP contribution in [0.2, 0.25) is 0 Å². The van der Waals surface area contributed by atoms with E-state index in [-0.39, 0.29) is 5.63 Å². The van der Waals surface area contributed by atoms with Crippen LogP contribution in [0.5, 0.6) is 11.5 Å². The van der Waals surface area contributed by atoms with Gasteiger partial charge in [-0.1, -0.05) is 18.2 Å². The Bertz CT molecular complexity index is 611. The SMILES string of the molecule is Cc1cc2c(c(=O)o1)Cc1ccccc1O2. The van der Waals surface area contributed by atoms with Gasteiger partial charge in [-0.3, -0.25) is 0 Å². The molecule has 0 atom stereocenters. The van der Waals surface area contributed by atoms with Crippen molar-refractivity contribution in [2.45, 2.75) is 13.3 Å². The van der Waals surface area contributed by atoms with Crippen molar-refractivity contribution < 1.29 is 9.15 Å². The Morgan fingerprint density at radius 3 is 2.88 bits per heavy atom. The van der Waals surface area contributed by atoms with Crippen LogP contribution >= 0.6 is 0 Å². The van der Waals surface area contributed by atoms with Crippen LogP contribution in [0, 0.1) is 6.92 Å². The zero-order valence-electron chi connectivity index (χ0n) is 8.82. The van der Waals surface area contributed by atoms with E-state index < -0.39 is 0 Å². The molecule has 0 unspecified atom stereocenters. The van der Waals surface area contributed by atoms with Gasteiger partial charge in [-0.25, -0.2) is 4.79 Å². The third kappa shape index (κ3) is 1.33. The summed E-state index contributed by atoms with van der Waals surface area (Å²) in [5.41, 5.74) is 1.32. The number of benzene rings is 1. The van der Waals surface area contributed by atoms with Crippen LogP contribution in [-0.4, -0.2) is 0 Å². The monoisotopic (exact) mass is 214 g/mol. The average molecular weight is 214 g/mol. The van der Waals surface area contributed by atoms with Crippen molar-refractivity contribution in [1.29, 1.82) is 0 Å². The molecular weight excluding hydrogens is 204 g/mol. The van der Waals surface area contributed by atoms with Gasteiger partial charge >= 0.3 is 5.63 Å². The Morgan fingerprint density at radius 2 is 2.00 bits per heavy atom. The summed E-state index contributed by atoms with van der Waals surface area (Å²) >= 11 is 0. The molecule has 0 bridgehead atoms. The summed E-state index contributed by atoms with van der Waals surface area (Å²) in [7, 11) is 0. The molecule has 2 heterocycles. The molecular formula is C13H10O3. The van der Waals surface area contributed by atoms with Crippen molar-refractivity contribution in [2.75, 3.05) is 0 Å². The highest BCUT2D eigenvalue weighted by Gasteiger charge is 2.20. The van der Waals surface area contributed by atoms with E-state index in [1.807, 2.05) is 24.3 Å². The van der Waals surface area contributed by atoms with Crippen LogP contribution in [0.1, 0.15) is 16.9 Å². The van der Waals surface area contributed by atoms with Crippen molar-refractivity contribution in [3.63, 3.8) is 0 Å². The van der Waals surface area contributed by atoms with Gasteiger partial charge in [-0.2, -0.15) is 0 Å². The Labute approximate surface area is 92.3 Å². The Kier molecular flexibility index (Phi) is 1.86. The topological polar surface area (TPSA) is 39.4 Å². The first-order valence-electron chi connectivity index (χ1n) is 5.13. The second-order valence-electron chi connectivity index (χ2n) is 3.87. The molecule has 0 spiro atoms. The fourth-order valence-corrected chi connectivity index (χ4v) is 1.92. The molecule has 0 N–H and O–H groups in total. The molecule has 0 saturated carbocycles. The van der Waals surface area contributed by atoms with Crippen LogP contribution in [0.3, 0.4) is 0 Å². The lowest BCUT2D eigenvalue weighted by Crippen LogP contribution is -2.14. The summed E-state index contributed by atoms with van der Waals surface area (Å²) in [6, 6.07) is 9.47. The molecule has 1 aliphatic heterocycles. The standard InChI is InChI=1S/C13H10O3/c1-8-6-12-10(13(14)15-8)7-9-4-2-3-5-11(9)16-12/h2-6H,7H2,1H3. The maximum absolute atomic E-state index is 11.6. The Balaban J connectivity index is 2.19. The van der Waals surface area contributed by atoms with Crippen LogP contribution in [0.25, 0.3) is 0 Å². The summed E-state index contributed by atoms with van der Waals surface area (Å²) in [5, 5.41) is 0. The van der Waals surface area contributed by atoms with E-state index >= 15 is 0 Å². The number of rotatable bonds is 0. The number of aryl methyl sites for hydroxylation is 1. The minimum Gasteiger partial charge on any atom is -0.456 e. The molecule has 0 radical (unpaired) electrons. The maximum Gasteiger partial charge on any atom is 0.343 e. The zero-order chi connectivity index (χ0) is 11.1. The zero-order valence-corrected chi connectivity index (χ0v) is 8.82. The molecule has 0 aliphatic carbocycles. The largest absolute Gasteiger partial charge is 0.456 e. The summed E-state index contributed by atoms with van der Waals surface area (Å²) in [6.07, 6.45) is 0.578. The third-order valence-electron chi connectivity index (χ3n) is 2.69. The normalized spacial score (nSPS) is 12.6. The minimum atomic E-state index is -0.301. The van der Waals surface area contributed by atoms with Crippen molar-refractivity contribution in [3.05, 3.63) is 57.6 Å². The molecule has 80 valence electrons. The first-order chi connectivity index (χ1) is 7.74. The Hall–Kier alpha value is -2.03. The van der Waals surface area contributed by atoms with Crippen molar-refractivity contribution >= 4 is 0 Å². The van der Waals surface area contributed by atoms with Gasteiger partial charge in [0.05, 0.1) is 5.56 Å². The molecule has 0 fully saturated rings. The number of hydrogen-bond acceptors (Lipinski definition) is 3. The second kappa shape index (κ2) is 3.23. The molecule has 3 heteroatoms. The molecule has 3 nitrogen and oxygen atoms in total. The van der Waals surface area contributed by atoms with E-state index in [1.165, 1.54) is 0 Å². The number of fused-ring (bicyclic) bond motifs is 2. The van der Waals surface area contributed by atoms with E-state index in [4.69, 9.17) is 9.15 Å². The predicted octanol–water partition coefficient (Wildman–Crippen LogP) is 2.64. The van der Waals surface area contributed by atoms with Gasteiger partial charge in [0, 0.05) is 12.5 Å². The molecule has 1 aromatic heterocycles. The molecule has 1 aliphatic rings. The van der Waals surface area contributed by atoms with E-state index in [2.05, 4.69) is 0 Å². The minimum absolute atomic E-state index is 0.301. The van der Waals surface area contributed by atoms with Gasteiger partial charge in [0.2, 0.25) is 0 Å². The van der Waals surface area contributed by atoms with Gasteiger partial charge in [0.25, 0.3) is 0 Å².